The fourth-order valence-corrected chi connectivity index (χ4v) is 6.06. The van der Waals surface area contributed by atoms with Crippen molar-refractivity contribution < 1.29 is 0 Å². The first-order valence-corrected chi connectivity index (χ1v) is 10.4. The van der Waals surface area contributed by atoms with Crippen molar-refractivity contribution in [3.8, 4) is 0 Å². The summed E-state index contributed by atoms with van der Waals surface area (Å²) in [5.74, 6) is 1.71. The van der Waals surface area contributed by atoms with Crippen LogP contribution in [0, 0.1) is 11.8 Å². The molecule has 1 saturated carbocycles. The van der Waals surface area contributed by atoms with Gasteiger partial charge in [-0.2, -0.15) is 0 Å². The van der Waals surface area contributed by atoms with E-state index in [1.807, 2.05) is 0 Å². The Hall–Kier alpha value is -1.80. The Bertz CT molecular complexity index is 1010. The number of H-pyrrole nitrogens is 1. The van der Waals surface area contributed by atoms with E-state index in [1.54, 1.807) is 11.1 Å². The van der Waals surface area contributed by atoms with Gasteiger partial charge in [-0.25, -0.2) is 0 Å². The second kappa shape index (κ2) is 5.13. The van der Waals surface area contributed by atoms with Gasteiger partial charge < -0.3 is 4.98 Å². The van der Waals surface area contributed by atoms with Gasteiger partial charge in [0.25, 0.3) is 0 Å². The summed E-state index contributed by atoms with van der Waals surface area (Å²) < 4.78 is 0. The Kier molecular flexibility index (Phi) is 3.02. The van der Waals surface area contributed by atoms with Gasteiger partial charge in [0.15, 0.2) is 0 Å². The van der Waals surface area contributed by atoms with Crippen molar-refractivity contribution in [3.05, 3.63) is 47.5 Å². The molecule has 0 spiro atoms. The minimum absolute atomic E-state index is 0.294. The van der Waals surface area contributed by atoms with Crippen LogP contribution in [0.5, 0.6) is 0 Å². The number of aromatic nitrogens is 1. The molecule has 1 N–H and O–H groups in total. The van der Waals surface area contributed by atoms with Crippen molar-refractivity contribution in [1.82, 2.24) is 9.88 Å². The first kappa shape index (κ1) is 15.3. The highest BCUT2D eigenvalue weighted by atomic mass is 15.2. The third kappa shape index (κ3) is 1.97. The molecular weight excluding hydrogens is 316 g/mol. The van der Waals surface area contributed by atoms with E-state index in [1.165, 1.54) is 60.6 Å². The number of nitrogens with zero attached hydrogens (tertiary/aromatic N) is 1. The fourth-order valence-electron chi connectivity index (χ4n) is 6.06. The maximum absolute atomic E-state index is 3.67. The molecule has 6 rings (SSSR count). The lowest BCUT2D eigenvalue weighted by atomic mass is 9.58. The molecule has 26 heavy (non-hydrogen) atoms. The van der Waals surface area contributed by atoms with Gasteiger partial charge in [-0.05, 0) is 72.7 Å². The summed E-state index contributed by atoms with van der Waals surface area (Å²) in [6.07, 6.45) is 5.44. The lowest BCUT2D eigenvalue weighted by Gasteiger charge is -2.55. The first-order valence-electron chi connectivity index (χ1n) is 10.4. The summed E-state index contributed by atoms with van der Waals surface area (Å²) in [5.41, 5.74) is 6.15. The Morgan fingerprint density at radius 3 is 2.81 bits per heavy atom. The van der Waals surface area contributed by atoms with Crippen molar-refractivity contribution in [1.29, 1.82) is 0 Å². The molecule has 3 atom stereocenters. The van der Waals surface area contributed by atoms with Crippen LogP contribution >= 0.6 is 0 Å². The third-order valence-corrected chi connectivity index (χ3v) is 7.92. The zero-order chi connectivity index (χ0) is 17.5. The minimum atomic E-state index is 0.294. The molecule has 2 bridgehead atoms. The highest BCUT2D eigenvalue weighted by Crippen LogP contribution is 2.52. The summed E-state index contributed by atoms with van der Waals surface area (Å²) in [7, 11) is 0. The minimum Gasteiger partial charge on any atom is -0.355 e. The number of hydrogen-bond acceptors (Lipinski definition) is 1. The number of piperidine rings is 1. The SMILES string of the molecule is CC1C2Cc3ccc4[nH]c5ccccc5c4c3[C@]1(C)CCN2CC1CC1. The van der Waals surface area contributed by atoms with Crippen LogP contribution in [-0.2, 0) is 11.8 Å². The predicted molar refractivity (Wildman–Crippen MR) is 109 cm³/mol. The second-order valence-corrected chi connectivity index (χ2v) is 9.36. The van der Waals surface area contributed by atoms with Crippen molar-refractivity contribution in [2.75, 3.05) is 13.1 Å². The Morgan fingerprint density at radius 2 is 1.96 bits per heavy atom. The topological polar surface area (TPSA) is 19.0 Å². The third-order valence-electron chi connectivity index (χ3n) is 7.92. The molecule has 1 aliphatic heterocycles. The lowest BCUT2D eigenvalue weighted by Crippen LogP contribution is -2.58. The van der Waals surface area contributed by atoms with Gasteiger partial charge in [-0.1, -0.05) is 38.1 Å². The highest BCUT2D eigenvalue weighted by Gasteiger charge is 2.49. The smallest absolute Gasteiger partial charge is 0.0468 e. The molecule has 3 aromatic rings. The normalized spacial score (nSPS) is 31.5. The predicted octanol–water partition coefficient (Wildman–Crippen LogP) is 5.26. The number of fused-ring (bicyclic) bond motifs is 8. The van der Waals surface area contributed by atoms with Gasteiger partial charge in [0.05, 0.1) is 0 Å². The zero-order valence-corrected chi connectivity index (χ0v) is 15.9. The summed E-state index contributed by atoms with van der Waals surface area (Å²) in [6.45, 7) is 7.70. The van der Waals surface area contributed by atoms with Crippen LogP contribution < -0.4 is 0 Å². The van der Waals surface area contributed by atoms with Crippen molar-refractivity contribution in [2.24, 2.45) is 11.8 Å². The summed E-state index contributed by atoms with van der Waals surface area (Å²) >= 11 is 0. The molecule has 0 radical (unpaired) electrons. The summed E-state index contributed by atoms with van der Waals surface area (Å²) in [5, 5.41) is 2.91. The van der Waals surface area contributed by atoms with Crippen LogP contribution in [-0.4, -0.2) is 29.0 Å². The van der Waals surface area contributed by atoms with Crippen molar-refractivity contribution in [3.63, 3.8) is 0 Å². The monoisotopic (exact) mass is 344 g/mol. The van der Waals surface area contributed by atoms with Gasteiger partial charge in [-0.15, -0.1) is 0 Å². The maximum atomic E-state index is 3.67. The van der Waals surface area contributed by atoms with Crippen molar-refractivity contribution >= 4 is 21.8 Å². The standard InChI is InChI=1S/C24H28N2/c1-15-21-13-17-9-10-20-22(18-5-3-4-6-19(18)25-20)23(17)24(15,2)11-12-26(21)14-16-7-8-16/h3-6,9-10,15-16,21,25H,7-8,11-14H2,1-2H3/t15?,21?,24-/m1/s1. The Morgan fingerprint density at radius 1 is 1.12 bits per heavy atom. The van der Waals surface area contributed by atoms with E-state index in [-0.39, 0.29) is 0 Å². The highest BCUT2D eigenvalue weighted by molar-refractivity contribution is 6.09. The molecule has 2 unspecified atom stereocenters. The fraction of sp³-hybridized carbons (Fsp3) is 0.500. The largest absolute Gasteiger partial charge is 0.355 e. The molecule has 0 amide bonds. The molecule has 2 heteroatoms. The van der Waals surface area contributed by atoms with Crippen molar-refractivity contribution in [2.45, 2.75) is 51.0 Å². The average molecular weight is 345 g/mol. The van der Waals surface area contributed by atoms with Crippen LogP contribution in [0.4, 0.5) is 0 Å². The van der Waals surface area contributed by atoms with E-state index >= 15 is 0 Å². The molecule has 2 nitrogen and oxygen atoms in total. The zero-order valence-electron chi connectivity index (χ0n) is 15.9. The van der Waals surface area contributed by atoms with Crippen LogP contribution in [0.1, 0.15) is 44.2 Å². The molecule has 134 valence electrons. The molecule has 2 fully saturated rings. The number of nitrogens with one attached hydrogen (secondary N) is 1. The van der Waals surface area contributed by atoms with E-state index in [0.717, 1.165) is 17.9 Å². The van der Waals surface area contributed by atoms with Gasteiger partial charge in [-0.3, -0.25) is 4.90 Å². The van der Waals surface area contributed by atoms with Gasteiger partial charge in [0.1, 0.15) is 0 Å². The molecule has 3 aliphatic rings. The van der Waals surface area contributed by atoms with Crippen LogP contribution in [0.25, 0.3) is 21.8 Å². The van der Waals surface area contributed by atoms with E-state index < -0.39 is 0 Å². The number of benzene rings is 2. The Balaban J connectivity index is 1.57. The van der Waals surface area contributed by atoms with E-state index in [0.29, 0.717) is 5.41 Å². The summed E-state index contributed by atoms with van der Waals surface area (Å²) in [6, 6.07) is 14.3. The molecule has 2 heterocycles. The van der Waals surface area contributed by atoms with Gasteiger partial charge in [0.2, 0.25) is 0 Å². The average Bonchev–Trinajstić information content (AvgIpc) is 3.38. The van der Waals surface area contributed by atoms with Gasteiger partial charge in [0, 0.05) is 34.4 Å². The van der Waals surface area contributed by atoms with E-state index in [2.05, 4.69) is 60.1 Å². The quantitative estimate of drug-likeness (QED) is 0.672. The van der Waals surface area contributed by atoms with Crippen LogP contribution in [0.15, 0.2) is 36.4 Å². The van der Waals surface area contributed by atoms with Gasteiger partial charge >= 0.3 is 0 Å². The van der Waals surface area contributed by atoms with E-state index in [9.17, 15) is 0 Å². The number of aromatic amines is 1. The molecule has 1 aromatic heterocycles. The molecule has 2 aromatic carbocycles. The molecule has 2 aliphatic carbocycles. The maximum Gasteiger partial charge on any atom is 0.0468 e. The van der Waals surface area contributed by atoms with Crippen LogP contribution in [0.2, 0.25) is 0 Å². The lowest BCUT2D eigenvalue weighted by molar-refractivity contribution is 0.0293. The van der Waals surface area contributed by atoms with Crippen LogP contribution in [0.3, 0.4) is 0 Å². The number of para-hydroxylation sites is 1. The number of likely N-dealkylation sites (tertiary alicyclic amines) is 1. The summed E-state index contributed by atoms with van der Waals surface area (Å²) in [4.78, 5) is 6.51. The first-order chi connectivity index (χ1) is 12.6. The number of hydrogen-bond donors (Lipinski definition) is 1. The molecular formula is C24H28N2. The number of rotatable bonds is 2. The molecule has 1 saturated heterocycles. The Labute approximate surface area is 155 Å². The second-order valence-electron chi connectivity index (χ2n) is 9.36. The van der Waals surface area contributed by atoms with E-state index in [4.69, 9.17) is 0 Å².